The number of para-hydroxylation sites is 1. The number of nitrogens with zero attached hydrogens (tertiary/aromatic N) is 1. The van der Waals surface area contributed by atoms with Crippen LogP contribution in [0.1, 0.15) is 46.5 Å². The lowest BCUT2D eigenvalue weighted by Gasteiger charge is -2.19. The van der Waals surface area contributed by atoms with Crippen LogP contribution < -0.4 is 4.74 Å². The second-order valence-corrected chi connectivity index (χ2v) is 10.8. The lowest BCUT2D eigenvalue weighted by molar-refractivity contribution is 0.104. The molecule has 6 heteroatoms. The van der Waals surface area contributed by atoms with Gasteiger partial charge in [-0.25, -0.2) is 0 Å². The molecule has 4 rings (SSSR count). The third kappa shape index (κ3) is 5.31. The summed E-state index contributed by atoms with van der Waals surface area (Å²) in [6.07, 6.45) is 0. The van der Waals surface area contributed by atoms with Gasteiger partial charge in [0.2, 0.25) is 0 Å². The summed E-state index contributed by atoms with van der Waals surface area (Å²) in [7, 11) is 0. The van der Waals surface area contributed by atoms with Gasteiger partial charge in [0.15, 0.2) is 5.78 Å². The van der Waals surface area contributed by atoms with Gasteiger partial charge in [-0.1, -0.05) is 49.7 Å². The minimum absolute atomic E-state index is 0.0922. The Morgan fingerprint density at radius 2 is 1.56 bits per heavy atom. The Morgan fingerprint density at radius 3 is 2.17 bits per heavy atom. The molecule has 0 N–H and O–H groups in total. The predicted molar refractivity (Wildman–Crippen MR) is 154 cm³/mol. The van der Waals surface area contributed by atoms with E-state index < -0.39 is 0 Å². The summed E-state index contributed by atoms with van der Waals surface area (Å²) in [6.45, 7) is 13.9. The smallest absolute Gasteiger partial charge is 0.197 e. The number of benzene rings is 3. The van der Waals surface area contributed by atoms with E-state index >= 15 is 0 Å². The van der Waals surface area contributed by atoms with Crippen molar-refractivity contribution in [2.24, 2.45) is 0 Å². The van der Waals surface area contributed by atoms with E-state index in [1.54, 1.807) is 0 Å². The van der Waals surface area contributed by atoms with Crippen LogP contribution in [0.4, 0.5) is 0 Å². The number of fused-ring (bicyclic) bond motifs is 1. The molecule has 0 spiro atoms. The van der Waals surface area contributed by atoms with Gasteiger partial charge in [-0.15, -0.1) is 0 Å². The number of halogens is 2. The van der Waals surface area contributed by atoms with Crippen LogP contribution in [0.25, 0.3) is 22.3 Å². The van der Waals surface area contributed by atoms with E-state index in [4.69, 9.17) is 9.15 Å². The topological polar surface area (TPSA) is 42.7 Å². The summed E-state index contributed by atoms with van der Waals surface area (Å²) < 4.78 is 13.9. The highest BCUT2D eigenvalue weighted by atomic mass is 79.9. The highest BCUT2D eigenvalue weighted by Crippen LogP contribution is 2.40. The summed E-state index contributed by atoms with van der Waals surface area (Å²) in [5.74, 6) is 1.22. The van der Waals surface area contributed by atoms with Crippen LogP contribution >= 0.6 is 31.9 Å². The quantitative estimate of drug-likeness (QED) is 0.178. The molecule has 36 heavy (non-hydrogen) atoms. The van der Waals surface area contributed by atoms with Crippen molar-refractivity contribution in [3.8, 4) is 17.1 Å². The first kappa shape index (κ1) is 26.6. The van der Waals surface area contributed by atoms with Crippen molar-refractivity contribution >= 4 is 48.6 Å². The molecule has 4 nitrogen and oxygen atoms in total. The first-order valence-corrected chi connectivity index (χ1v) is 13.8. The molecule has 0 aliphatic heterocycles. The molecule has 0 aliphatic rings. The maximum atomic E-state index is 14.1. The van der Waals surface area contributed by atoms with Crippen LogP contribution in [0.3, 0.4) is 0 Å². The molecule has 0 atom stereocenters. The Hall–Kier alpha value is -2.41. The molecule has 0 radical (unpaired) electrons. The molecule has 1 aromatic heterocycles. The third-order valence-corrected chi connectivity index (χ3v) is 7.71. The third-order valence-electron chi connectivity index (χ3n) is 6.54. The Morgan fingerprint density at radius 1 is 0.944 bits per heavy atom. The fourth-order valence-electron chi connectivity index (χ4n) is 4.77. The average Bonchev–Trinajstić information content (AvgIpc) is 3.21. The Bertz CT molecular complexity index is 1370. The fraction of sp³-hybridized carbons (Fsp3) is 0.300. The molecule has 0 saturated carbocycles. The van der Waals surface area contributed by atoms with E-state index in [0.29, 0.717) is 34.8 Å². The van der Waals surface area contributed by atoms with E-state index in [2.05, 4.69) is 83.5 Å². The van der Waals surface area contributed by atoms with Crippen LogP contribution in [0.5, 0.6) is 5.75 Å². The predicted octanol–water partition coefficient (Wildman–Crippen LogP) is 8.50. The van der Waals surface area contributed by atoms with Crippen molar-refractivity contribution < 1.29 is 13.9 Å². The van der Waals surface area contributed by atoms with Crippen molar-refractivity contribution in [1.82, 2.24) is 4.90 Å². The van der Waals surface area contributed by atoms with E-state index in [1.165, 1.54) is 5.56 Å². The summed E-state index contributed by atoms with van der Waals surface area (Å²) in [6, 6.07) is 15.6. The number of furan rings is 1. The summed E-state index contributed by atoms with van der Waals surface area (Å²) in [4.78, 5) is 16.4. The van der Waals surface area contributed by atoms with Gasteiger partial charge in [-0.3, -0.25) is 4.79 Å². The monoisotopic (exact) mass is 611 g/mol. The number of likely N-dealkylation sites (N-methyl/N-ethyl adjacent to an activating group) is 1. The number of rotatable bonds is 9. The maximum absolute atomic E-state index is 14.1. The minimum atomic E-state index is -0.0922. The summed E-state index contributed by atoms with van der Waals surface area (Å²) in [5, 5.41) is 0.809. The van der Waals surface area contributed by atoms with E-state index in [9.17, 15) is 4.79 Å². The molecule has 1 heterocycles. The van der Waals surface area contributed by atoms with Crippen molar-refractivity contribution in [3.63, 3.8) is 0 Å². The zero-order valence-corrected chi connectivity index (χ0v) is 24.5. The Balaban J connectivity index is 1.76. The molecule has 0 saturated heterocycles. The number of carbonyl (C=O) groups is 1. The lowest BCUT2D eigenvalue weighted by Crippen LogP contribution is -2.28. The zero-order valence-electron chi connectivity index (χ0n) is 21.4. The molecule has 4 aromatic rings. The average molecular weight is 613 g/mol. The number of aryl methyl sites for hydroxylation is 3. The minimum Gasteiger partial charge on any atom is -0.490 e. The standard InChI is InChI=1S/C30H31Br2NO3/c1-6-33(7-2)12-13-35-29-23(31)16-21(17-24(29)32)28(34)27-22-10-8-9-11-25(22)36-30(27)26-19(4)14-18(3)15-20(26)5/h8-11,14-17H,6-7,12-13H2,1-5H3. The number of ether oxygens (including phenoxy) is 1. The van der Waals surface area contributed by atoms with E-state index in [0.717, 1.165) is 50.7 Å². The first-order valence-electron chi connectivity index (χ1n) is 12.2. The van der Waals surface area contributed by atoms with Crippen LogP contribution in [-0.4, -0.2) is 36.9 Å². The molecule has 0 amide bonds. The zero-order chi connectivity index (χ0) is 26.0. The summed E-state index contributed by atoms with van der Waals surface area (Å²) >= 11 is 7.26. The van der Waals surface area contributed by atoms with Crippen molar-refractivity contribution in [2.75, 3.05) is 26.2 Å². The summed E-state index contributed by atoms with van der Waals surface area (Å²) in [5.41, 5.74) is 6.15. The lowest BCUT2D eigenvalue weighted by atomic mass is 9.92. The van der Waals surface area contributed by atoms with Gasteiger partial charge in [0.1, 0.15) is 23.7 Å². The highest BCUT2D eigenvalue weighted by molar-refractivity contribution is 9.11. The van der Waals surface area contributed by atoms with Gasteiger partial charge in [-0.2, -0.15) is 0 Å². The molecular formula is C30H31Br2NO3. The SMILES string of the molecule is CCN(CC)CCOc1c(Br)cc(C(=O)c2c(-c3c(C)cc(C)cc3C)oc3ccccc23)cc1Br. The van der Waals surface area contributed by atoms with Crippen molar-refractivity contribution in [3.05, 3.63) is 85.3 Å². The molecule has 188 valence electrons. The van der Waals surface area contributed by atoms with Crippen LogP contribution in [0.15, 0.2) is 61.9 Å². The van der Waals surface area contributed by atoms with E-state index in [-0.39, 0.29) is 5.78 Å². The van der Waals surface area contributed by atoms with Gasteiger partial charge < -0.3 is 14.1 Å². The van der Waals surface area contributed by atoms with Crippen LogP contribution in [-0.2, 0) is 0 Å². The second-order valence-electron chi connectivity index (χ2n) is 9.05. The molecule has 0 unspecified atom stereocenters. The van der Waals surface area contributed by atoms with Gasteiger partial charge in [0.25, 0.3) is 0 Å². The highest BCUT2D eigenvalue weighted by Gasteiger charge is 2.26. The Labute approximate surface area is 229 Å². The molecule has 0 aliphatic carbocycles. The number of hydrogen-bond acceptors (Lipinski definition) is 4. The Kier molecular flexibility index (Phi) is 8.38. The van der Waals surface area contributed by atoms with Crippen molar-refractivity contribution in [2.45, 2.75) is 34.6 Å². The molecule has 0 fully saturated rings. The van der Waals surface area contributed by atoms with Crippen LogP contribution in [0, 0.1) is 20.8 Å². The first-order chi connectivity index (χ1) is 17.2. The number of hydrogen-bond donors (Lipinski definition) is 0. The van der Waals surface area contributed by atoms with Gasteiger partial charge in [0, 0.05) is 23.1 Å². The number of carbonyl (C=O) groups excluding carboxylic acids is 1. The maximum Gasteiger partial charge on any atom is 0.197 e. The molecular weight excluding hydrogens is 582 g/mol. The van der Waals surface area contributed by atoms with E-state index in [1.807, 2.05) is 36.4 Å². The van der Waals surface area contributed by atoms with Gasteiger partial charge in [-0.05, 0) is 95.0 Å². The normalized spacial score (nSPS) is 11.4. The fourth-order valence-corrected chi connectivity index (χ4v) is 6.19. The number of ketones is 1. The molecule has 3 aromatic carbocycles. The van der Waals surface area contributed by atoms with Crippen LogP contribution in [0.2, 0.25) is 0 Å². The van der Waals surface area contributed by atoms with Crippen molar-refractivity contribution in [1.29, 1.82) is 0 Å². The second kappa shape index (κ2) is 11.3. The van der Waals surface area contributed by atoms with Gasteiger partial charge in [0.05, 0.1) is 14.5 Å². The molecule has 0 bridgehead atoms. The largest absolute Gasteiger partial charge is 0.490 e. The van der Waals surface area contributed by atoms with Gasteiger partial charge >= 0.3 is 0 Å².